The molecule has 2 fully saturated rings. The number of likely N-dealkylation sites (N-methyl/N-ethyl adjacent to an activating group) is 1. The maximum absolute atomic E-state index is 11.7. The molecule has 0 spiro atoms. The van der Waals surface area contributed by atoms with Crippen LogP contribution in [0.15, 0.2) is 0 Å². The van der Waals surface area contributed by atoms with E-state index in [1.807, 2.05) is 7.05 Å². The number of hydrogen-bond donors (Lipinski definition) is 1. The summed E-state index contributed by atoms with van der Waals surface area (Å²) in [5.74, 6) is 1.11. The average molecular weight is 276 g/mol. The van der Waals surface area contributed by atoms with Crippen molar-refractivity contribution in [3.63, 3.8) is 0 Å². The standard InChI is InChI=1S/C12H24N2O3S/c1-14(8-11-2-5-17-6-3-11)12(9-13)4-7-18(15,16)10-12/h11H,2-10,13H2,1H3. The molecule has 0 bridgehead atoms. The quantitative estimate of drug-likeness (QED) is 0.774. The van der Waals surface area contributed by atoms with Crippen LogP contribution >= 0.6 is 0 Å². The van der Waals surface area contributed by atoms with Gasteiger partial charge in [-0.1, -0.05) is 0 Å². The number of nitrogens with two attached hydrogens (primary N) is 1. The second-order valence-corrected chi connectivity index (χ2v) is 7.89. The third-order valence-corrected chi connectivity index (χ3v) is 6.23. The molecule has 106 valence electrons. The third-order valence-electron chi connectivity index (χ3n) is 4.43. The lowest BCUT2D eigenvalue weighted by Gasteiger charge is -2.39. The maximum atomic E-state index is 11.7. The smallest absolute Gasteiger partial charge is 0.152 e. The first kappa shape index (κ1) is 14.2. The van der Waals surface area contributed by atoms with Crippen LogP contribution in [-0.2, 0) is 14.6 Å². The molecular weight excluding hydrogens is 252 g/mol. The molecule has 2 saturated heterocycles. The molecule has 0 radical (unpaired) electrons. The summed E-state index contributed by atoms with van der Waals surface area (Å²) >= 11 is 0. The maximum Gasteiger partial charge on any atom is 0.152 e. The van der Waals surface area contributed by atoms with E-state index in [0.717, 1.165) is 32.6 Å². The van der Waals surface area contributed by atoms with Gasteiger partial charge in [-0.3, -0.25) is 4.90 Å². The summed E-state index contributed by atoms with van der Waals surface area (Å²) in [6, 6.07) is 0. The molecule has 0 aromatic heterocycles. The van der Waals surface area contributed by atoms with Gasteiger partial charge in [0.25, 0.3) is 0 Å². The Kier molecular flexibility index (Phi) is 4.31. The molecule has 0 amide bonds. The van der Waals surface area contributed by atoms with Crippen molar-refractivity contribution in [2.45, 2.75) is 24.8 Å². The lowest BCUT2D eigenvalue weighted by Crippen LogP contribution is -2.54. The zero-order chi connectivity index (χ0) is 13.2. The zero-order valence-electron chi connectivity index (χ0n) is 11.1. The molecule has 0 aromatic carbocycles. The van der Waals surface area contributed by atoms with Gasteiger partial charge in [0, 0.05) is 31.8 Å². The van der Waals surface area contributed by atoms with Crippen LogP contribution in [0.4, 0.5) is 0 Å². The van der Waals surface area contributed by atoms with Crippen molar-refractivity contribution in [2.75, 3.05) is 44.9 Å². The molecule has 0 aromatic rings. The third kappa shape index (κ3) is 3.04. The summed E-state index contributed by atoms with van der Waals surface area (Å²) in [7, 11) is -0.881. The molecule has 2 heterocycles. The Bertz CT molecular complexity index is 379. The Hall–Kier alpha value is -0.170. The van der Waals surface area contributed by atoms with Crippen molar-refractivity contribution in [3.05, 3.63) is 0 Å². The van der Waals surface area contributed by atoms with Crippen LogP contribution < -0.4 is 5.73 Å². The van der Waals surface area contributed by atoms with E-state index in [-0.39, 0.29) is 17.0 Å². The van der Waals surface area contributed by atoms with Gasteiger partial charge in [0.2, 0.25) is 0 Å². The zero-order valence-corrected chi connectivity index (χ0v) is 11.9. The molecule has 2 aliphatic heterocycles. The molecule has 2 rings (SSSR count). The number of hydrogen-bond acceptors (Lipinski definition) is 5. The van der Waals surface area contributed by atoms with Crippen LogP contribution in [0, 0.1) is 5.92 Å². The molecule has 2 N–H and O–H groups in total. The minimum absolute atomic E-state index is 0.218. The Morgan fingerprint density at radius 2 is 2.06 bits per heavy atom. The fourth-order valence-electron chi connectivity index (χ4n) is 3.03. The topological polar surface area (TPSA) is 72.6 Å². The molecule has 0 aliphatic carbocycles. The lowest BCUT2D eigenvalue weighted by atomic mass is 9.93. The van der Waals surface area contributed by atoms with Crippen LogP contribution in [0.2, 0.25) is 0 Å². The van der Waals surface area contributed by atoms with Gasteiger partial charge in [-0.05, 0) is 32.2 Å². The van der Waals surface area contributed by atoms with E-state index in [9.17, 15) is 8.42 Å². The van der Waals surface area contributed by atoms with E-state index in [4.69, 9.17) is 10.5 Å². The van der Waals surface area contributed by atoms with E-state index >= 15 is 0 Å². The number of rotatable bonds is 4. The minimum Gasteiger partial charge on any atom is -0.381 e. The van der Waals surface area contributed by atoms with Crippen LogP contribution in [-0.4, -0.2) is 63.7 Å². The van der Waals surface area contributed by atoms with Gasteiger partial charge in [0.05, 0.1) is 11.5 Å². The second-order valence-electron chi connectivity index (χ2n) is 5.71. The highest BCUT2D eigenvalue weighted by Crippen LogP contribution is 2.29. The molecule has 1 unspecified atom stereocenters. The predicted octanol–water partition coefficient (Wildman–Crippen LogP) is -0.139. The van der Waals surface area contributed by atoms with Gasteiger partial charge < -0.3 is 10.5 Å². The van der Waals surface area contributed by atoms with E-state index < -0.39 is 9.84 Å². The van der Waals surface area contributed by atoms with Gasteiger partial charge >= 0.3 is 0 Å². The number of sulfone groups is 1. The van der Waals surface area contributed by atoms with Crippen LogP contribution in [0.1, 0.15) is 19.3 Å². The first-order chi connectivity index (χ1) is 8.47. The predicted molar refractivity (Wildman–Crippen MR) is 71.2 cm³/mol. The number of nitrogens with zero attached hydrogens (tertiary/aromatic N) is 1. The van der Waals surface area contributed by atoms with Crippen LogP contribution in [0.3, 0.4) is 0 Å². The molecule has 0 saturated carbocycles. The van der Waals surface area contributed by atoms with Crippen molar-refractivity contribution in [1.82, 2.24) is 4.90 Å². The average Bonchev–Trinajstić information content (AvgIpc) is 2.68. The van der Waals surface area contributed by atoms with E-state index in [1.54, 1.807) is 0 Å². The van der Waals surface area contributed by atoms with Crippen molar-refractivity contribution < 1.29 is 13.2 Å². The van der Waals surface area contributed by atoms with Crippen LogP contribution in [0.5, 0.6) is 0 Å². The molecule has 5 nitrogen and oxygen atoms in total. The molecular formula is C12H24N2O3S. The van der Waals surface area contributed by atoms with Crippen molar-refractivity contribution in [1.29, 1.82) is 0 Å². The fourth-order valence-corrected chi connectivity index (χ4v) is 5.16. The van der Waals surface area contributed by atoms with E-state index in [0.29, 0.717) is 18.9 Å². The van der Waals surface area contributed by atoms with Crippen molar-refractivity contribution in [2.24, 2.45) is 11.7 Å². The van der Waals surface area contributed by atoms with Gasteiger partial charge in [0.15, 0.2) is 9.84 Å². The van der Waals surface area contributed by atoms with E-state index in [1.165, 1.54) is 0 Å². The molecule has 18 heavy (non-hydrogen) atoms. The highest BCUT2D eigenvalue weighted by atomic mass is 32.2. The summed E-state index contributed by atoms with van der Waals surface area (Å²) in [6.45, 7) is 3.00. The Morgan fingerprint density at radius 1 is 1.39 bits per heavy atom. The highest BCUT2D eigenvalue weighted by molar-refractivity contribution is 7.91. The Morgan fingerprint density at radius 3 is 2.56 bits per heavy atom. The highest BCUT2D eigenvalue weighted by Gasteiger charge is 2.44. The largest absolute Gasteiger partial charge is 0.381 e. The Balaban J connectivity index is 1.99. The first-order valence-electron chi connectivity index (χ1n) is 6.67. The SMILES string of the molecule is CN(CC1CCOCC1)C1(CN)CCS(=O)(=O)C1. The minimum atomic E-state index is -2.90. The molecule has 2 aliphatic rings. The summed E-state index contributed by atoms with van der Waals surface area (Å²) in [4.78, 5) is 2.19. The summed E-state index contributed by atoms with van der Waals surface area (Å²) < 4.78 is 28.8. The van der Waals surface area contributed by atoms with Crippen molar-refractivity contribution >= 4 is 9.84 Å². The lowest BCUT2D eigenvalue weighted by molar-refractivity contribution is 0.0393. The van der Waals surface area contributed by atoms with Gasteiger partial charge in [0.1, 0.15) is 0 Å². The monoisotopic (exact) mass is 276 g/mol. The normalized spacial score (nSPS) is 33.1. The molecule has 1 atom stereocenters. The Labute approximate surface area is 110 Å². The van der Waals surface area contributed by atoms with E-state index in [2.05, 4.69) is 4.90 Å². The van der Waals surface area contributed by atoms with Gasteiger partial charge in [-0.2, -0.15) is 0 Å². The van der Waals surface area contributed by atoms with Gasteiger partial charge in [-0.25, -0.2) is 8.42 Å². The fraction of sp³-hybridized carbons (Fsp3) is 1.00. The number of ether oxygens (including phenoxy) is 1. The second kappa shape index (κ2) is 5.45. The summed E-state index contributed by atoms with van der Waals surface area (Å²) in [5, 5.41) is 0. The molecule has 6 heteroatoms. The summed E-state index contributed by atoms with van der Waals surface area (Å²) in [5.41, 5.74) is 5.53. The van der Waals surface area contributed by atoms with Crippen LogP contribution in [0.25, 0.3) is 0 Å². The van der Waals surface area contributed by atoms with Crippen molar-refractivity contribution in [3.8, 4) is 0 Å². The first-order valence-corrected chi connectivity index (χ1v) is 8.49. The van der Waals surface area contributed by atoms with Gasteiger partial charge in [-0.15, -0.1) is 0 Å². The summed E-state index contributed by atoms with van der Waals surface area (Å²) in [6.07, 6.45) is 2.81.